The van der Waals surface area contributed by atoms with Gasteiger partial charge in [-0.1, -0.05) is 29.8 Å². The van der Waals surface area contributed by atoms with Crippen molar-refractivity contribution in [3.8, 4) is 0 Å². The van der Waals surface area contributed by atoms with E-state index in [-0.39, 0.29) is 5.91 Å². The topological polar surface area (TPSA) is 41.0 Å². The first kappa shape index (κ1) is 15.5. The number of amides is 1. The fourth-order valence-electron chi connectivity index (χ4n) is 4.02. The molecule has 1 amide bonds. The molecule has 0 saturated heterocycles. The first-order chi connectivity index (χ1) is 12.6. The van der Waals surface area contributed by atoms with Gasteiger partial charge < -0.3 is 14.5 Å². The van der Waals surface area contributed by atoms with E-state index in [0.29, 0.717) is 13.1 Å². The molecule has 4 aromatic rings. The Morgan fingerprint density at radius 3 is 2.85 bits per heavy atom. The van der Waals surface area contributed by atoms with Gasteiger partial charge in [0, 0.05) is 64.6 Å². The van der Waals surface area contributed by atoms with Crippen LogP contribution in [0.4, 0.5) is 0 Å². The smallest absolute Gasteiger partial charge is 0.270 e. The van der Waals surface area contributed by atoms with E-state index in [9.17, 15) is 4.79 Å². The van der Waals surface area contributed by atoms with Gasteiger partial charge in [-0.2, -0.15) is 0 Å². The van der Waals surface area contributed by atoms with Crippen LogP contribution in [0.15, 0.2) is 48.5 Å². The van der Waals surface area contributed by atoms with Crippen LogP contribution in [0.25, 0.3) is 21.8 Å². The summed E-state index contributed by atoms with van der Waals surface area (Å²) in [5, 5.41) is 2.92. The fourth-order valence-corrected chi connectivity index (χ4v) is 4.19. The van der Waals surface area contributed by atoms with Gasteiger partial charge in [0.1, 0.15) is 5.69 Å². The van der Waals surface area contributed by atoms with Gasteiger partial charge in [0.25, 0.3) is 5.91 Å². The molecule has 0 radical (unpaired) electrons. The van der Waals surface area contributed by atoms with Crippen molar-refractivity contribution in [3.63, 3.8) is 0 Å². The lowest BCUT2D eigenvalue weighted by Crippen LogP contribution is -2.36. The molecule has 0 atom stereocenters. The maximum atomic E-state index is 13.2. The number of benzene rings is 2. The number of rotatable bonds is 1. The van der Waals surface area contributed by atoms with Crippen molar-refractivity contribution in [2.24, 2.45) is 7.05 Å². The number of aromatic amines is 1. The van der Waals surface area contributed by atoms with E-state index >= 15 is 0 Å². The van der Waals surface area contributed by atoms with E-state index < -0.39 is 0 Å². The first-order valence-corrected chi connectivity index (χ1v) is 9.12. The number of nitrogens with zero attached hydrogens (tertiary/aromatic N) is 2. The Bertz CT molecular complexity index is 1170. The number of aryl methyl sites for hydroxylation is 1. The van der Waals surface area contributed by atoms with Crippen LogP contribution >= 0.6 is 11.6 Å². The average molecular weight is 364 g/mol. The van der Waals surface area contributed by atoms with E-state index in [4.69, 9.17) is 11.6 Å². The number of aromatic nitrogens is 2. The Hall–Kier alpha value is -2.72. The van der Waals surface area contributed by atoms with E-state index in [1.807, 2.05) is 65.0 Å². The second kappa shape index (κ2) is 5.64. The summed E-state index contributed by atoms with van der Waals surface area (Å²) in [5.41, 5.74) is 5.28. The lowest BCUT2D eigenvalue weighted by atomic mass is 10.0. The van der Waals surface area contributed by atoms with Crippen molar-refractivity contribution < 1.29 is 4.79 Å². The number of halogens is 1. The summed E-state index contributed by atoms with van der Waals surface area (Å²) in [6, 6.07) is 16.0. The Balaban J connectivity index is 1.53. The van der Waals surface area contributed by atoms with Crippen molar-refractivity contribution in [2.75, 3.05) is 6.54 Å². The van der Waals surface area contributed by atoms with Crippen LogP contribution < -0.4 is 0 Å². The fraction of sp³-hybridized carbons (Fsp3) is 0.190. The van der Waals surface area contributed by atoms with Crippen molar-refractivity contribution >= 4 is 39.3 Å². The Morgan fingerprint density at radius 1 is 1.15 bits per heavy atom. The number of carbonyl (C=O) groups excluding carboxylic acids is 1. The summed E-state index contributed by atoms with van der Waals surface area (Å²) in [4.78, 5) is 18.6. The van der Waals surface area contributed by atoms with Crippen LogP contribution in [0.3, 0.4) is 0 Å². The molecular weight excluding hydrogens is 346 g/mol. The maximum absolute atomic E-state index is 13.2. The Labute approximate surface area is 156 Å². The molecule has 1 aliphatic rings. The number of nitrogens with one attached hydrogen (secondary N) is 1. The van der Waals surface area contributed by atoms with E-state index in [2.05, 4.69) is 4.98 Å². The highest BCUT2D eigenvalue weighted by Crippen LogP contribution is 2.30. The summed E-state index contributed by atoms with van der Waals surface area (Å²) in [6.45, 7) is 1.32. The Kier molecular flexibility index (Phi) is 3.37. The SMILES string of the molecule is Cn1c(C(=O)N2CCc3[nH]c4ccc(Cl)cc4c3C2)cc2ccccc21. The third kappa shape index (κ3) is 2.26. The van der Waals surface area contributed by atoms with Crippen LogP contribution in [0.2, 0.25) is 5.02 Å². The van der Waals surface area contributed by atoms with E-state index in [1.54, 1.807) is 0 Å². The second-order valence-electron chi connectivity index (χ2n) is 6.90. The van der Waals surface area contributed by atoms with Gasteiger partial charge in [-0.3, -0.25) is 4.79 Å². The minimum Gasteiger partial charge on any atom is -0.358 e. The maximum Gasteiger partial charge on any atom is 0.270 e. The zero-order chi connectivity index (χ0) is 17.8. The molecule has 5 heteroatoms. The number of para-hydroxylation sites is 1. The summed E-state index contributed by atoms with van der Waals surface area (Å²) >= 11 is 6.18. The van der Waals surface area contributed by atoms with Gasteiger partial charge in [-0.25, -0.2) is 0 Å². The lowest BCUT2D eigenvalue weighted by Gasteiger charge is -2.27. The molecule has 0 spiro atoms. The average Bonchev–Trinajstić information content (AvgIpc) is 3.19. The van der Waals surface area contributed by atoms with Gasteiger partial charge in [-0.05, 0) is 30.3 Å². The summed E-state index contributed by atoms with van der Waals surface area (Å²) in [5.74, 6) is 0.0747. The molecule has 0 unspecified atom stereocenters. The molecule has 0 saturated carbocycles. The normalized spacial score (nSPS) is 14.2. The number of carbonyl (C=O) groups is 1. The highest BCUT2D eigenvalue weighted by molar-refractivity contribution is 6.31. The molecule has 1 aliphatic heterocycles. The van der Waals surface area contributed by atoms with Crippen LogP contribution in [0.1, 0.15) is 21.7 Å². The van der Waals surface area contributed by atoms with Crippen molar-refractivity contribution in [2.45, 2.75) is 13.0 Å². The van der Waals surface area contributed by atoms with Crippen molar-refractivity contribution in [1.29, 1.82) is 0 Å². The number of hydrogen-bond acceptors (Lipinski definition) is 1. The van der Waals surface area contributed by atoms with Gasteiger partial charge in [0.05, 0.1) is 0 Å². The molecule has 5 rings (SSSR count). The third-order valence-electron chi connectivity index (χ3n) is 5.40. The zero-order valence-electron chi connectivity index (χ0n) is 14.4. The van der Waals surface area contributed by atoms with E-state index in [0.717, 1.165) is 38.9 Å². The van der Waals surface area contributed by atoms with Crippen LogP contribution in [-0.4, -0.2) is 26.9 Å². The van der Waals surface area contributed by atoms with Gasteiger partial charge in [0.2, 0.25) is 0 Å². The van der Waals surface area contributed by atoms with Crippen molar-refractivity contribution in [1.82, 2.24) is 14.5 Å². The largest absolute Gasteiger partial charge is 0.358 e. The summed E-state index contributed by atoms with van der Waals surface area (Å²) in [7, 11) is 1.95. The third-order valence-corrected chi connectivity index (χ3v) is 5.63. The van der Waals surface area contributed by atoms with Crippen molar-refractivity contribution in [3.05, 3.63) is 70.5 Å². The highest BCUT2D eigenvalue weighted by Gasteiger charge is 2.26. The zero-order valence-corrected chi connectivity index (χ0v) is 15.2. The minimum atomic E-state index is 0.0747. The van der Waals surface area contributed by atoms with E-state index in [1.165, 1.54) is 11.3 Å². The summed E-state index contributed by atoms with van der Waals surface area (Å²) < 4.78 is 1.99. The lowest BCUT2D eigenvalue weighted by molar-refractivity contribution is 0.0726. The quantitative estimate of drug-likeness (QED) is 0.531. The monoisotopic (exact) mass is 363 g/mol. The molecule has 0 fully saturated rings. The molecular formula is C21H18ClN3O. The molecule has 130 valence electrons. The van der Waals surface area contributed by atoms with Gasteiger partial charge in [-0.15, -0.1) is 0 Å². The first-order valence-electron chi connectivity index (χ1n) is 8.74. The van der Waals surface area contributed by atoms with Crippen LogP contribution in [0.5, 0.6) is 0 Å². The number of hydrogen-bond donors (Lipinski definition) is 1. The summed E-state index contributed by atoms with van der Waals surface area (Å²) in [6.07, 6.45) is 0.831. The molecule has 4 nitrogen and oxygen atoms in total. The molecule has 1 N–H and O–H groups in total. The number of H-pyrrole nitrogens is 1. The predicted octanol–water partition coefficient (Wildman–Crippen LogP) is 4.51. The molecule has 26 heavy (non-hydrogen) atoms. The standard InChI is InChI=1S/C21H18ClN3O/c1-24-19-5-3-2-4-13(19)10-20(24)21(26)25-9-8-18-16(12-25)15-11-14(22)6-7-17(15)23-18/h2-7,10-11,23H,8-9,12H2,1H3. The highest BCUT2D eigenvalue weighted by atomic mass is 35.5. The molecule has 2 aromatic heterocycles. The molecule has 2 aromatic carbocycles. The molecule has 0 aliphatic carbocycles. The van der Waals surface area contributed by atoms with Crippen LogP contribution in [-0.2, 0) is 20.0 Å². The number of fused-ring (bicyclic) bond motifs is 4. The predicted molar refractivity (Wildman–Crippen MR) is 105 cm³/mol. The van der Waals surface area contributed by atoms with Crippen LogP contribution in [0, 0.1) is 0 Å². The second-order valence-corrected chi connectivity index (χ2v) is 7.33. The minimum absolute atomic E-state index is 0.0747. The Morgan fingerprint density at radius 2 is 2.00 bits per heavy atom. The van der Waals surface area contributed by atoms with Gasteiger partial charge >= 0.3 is 0 Å². The molecule has 0 bridgehead atoms. The molecule has 3 heterocycles. The van der Waals surface area contributed by atoms with Gasteiger partial charge in [0.15, 0.2) is 0 Å².